The Kier molecular flexibility index (Phi) is 6.79. The smallest absolute Gasteiger partial charge is 0.251 e. The van der Waals surface area contributed by atoms with Crippen molar-refractivity contribution in [3.8, 4) is 0 Å². The molecule has 1 heterocycles. The number of amides is 1. The molecular weight excluding hydrogens is 319 g/mol. The van der Waals surface area contributed by atoms with Crippen molar-refractivity contribution in [3.63, 3.8) is 0 Å². The lowest BCUT2D eigenvalue weighted by Crippen LogP contribution is -2.52. The van der Waals surface area contributed by atoms with Crippen LogP contribution in [0.15, 0.2) is 18.2 Å². The maximum absolute atomic E-state index is 14.6. The summed E-state index contributed by atoms with van der Waals surface area (Å²) in [5.74, 6) is -0.612. The van der Waals surface area contributed by atoms with Crippen molar-refractivity contribution in [3.05, 3.63) is 29.6 Å². The number of nitrogens with zero attached hydrogens (tertiary/aromatic N) is 2. The number of hydrogen-bond acceptors (Lipinski definition) is 4. The minimum absolute atomic E-state index is 0.268. The molecule has 1 fully saturated rings. The summed E-state index contributed by atoms with van der Waals surface area (Å²) in [7, 11) is 0. The summed E-state index contributed by atoms with van der Waals surface area (Å²) < 4.78 is 14.6. The number of carbonyl (C=O) groups is 1. The Morgan fingerprint density at radius 2 is 1.84 bits per heavy atom. The number of rotatable bonds is 7. The van der Waals surface area contributed by atoms with Gasteiger partial charge in [-0.1, -0.05) is 20.8 Å². The Balaban J connectivity index is 2.10. The monoisotopic (exact) mass is 350 g/mol. The predicted molar refractivity (Wildman–Crippen MR) is 101 cm³/mol. The van der Waals surface area contributed by atoms with Gasteiger partial charge in [-0.05, 0) is 37.6 Å². The molecule has 0 unspecified atom stereocenters. The fourth-order valence-corrected chi connectivity index (χ4v) is 3.29. The number of likely N-dealkylation sites (N-methyl/N-ethyl adjacent to an activating group) is 1. The zero-order valence-corrected chi connectivity index (χ0v) is 15.6. The highest BCUT2D eigenvalue weighted by Crippen LogP contribution is 2.23. The van der Waals surface area contributed by atoms with Gasteiger partial charge < -0.3 is 20.9 Å². The lowest BCUT2D eigenvalue weighted by atomic mass is 9.92. The molecule has 5 nitrogen and oxygen atoms in total. The van der Waals surface area contributed by atoms with Crippen LogP contribution in [-0.2, 0) is 0 Å². The van der Waals surface area contributed by atoms with Gasteiger partial charge in [-0.25, -0.2) is 4.39 Å². The third kappa shape index (κ3) is 4.50. The largest absolute Gasteiger partial charge is 0.367 e. The molecule has 1 aliphatic heterocycles. The molecule has 140 valence electrons. The third-order valence-electron chi connectivity index (χ3n) is 5.49. The minimum atomic E-state index is -0.428. The summed E-state index contributed by atoms with van der Waals surface area (Å²) in [5, 5.41) is 2.98. The minimum Gasteiger partial charge on any atom is -0.367 e. The van der Waals surface area contributed by atoms with E-state index in [9.17, 15) is 9.18 Å². The number of benzene rings is 1. The van der Waals surface area contributed by atoms with Crippen LogP contribution in [0.1, 0.15) is 44.0 Å². The van der Waals surface area contributed by atoms with Gasteiger partial charge in [-0.15, -0.1) is 0 Å². The molecule has 1 amide bonds. The van der Waals surface area contributed by atoms with Gasteiger partial charge in [-0.2, -0.15) is 0 Å². The van der Waals surface area contributed by atoms with Crippen LogP contribution in [0.4, 0.5) is 10.1 Å². The first-order valence-corrected chi connectivity index (χ1v) is 9.28. The van der Waals surface area contributed by atoms with Crippen LogP contribution in [0, 0.1) is 5.82 Å². The van der Waals surface area contributed by atoms with Crippen LogP contribution in [0.3, 0.4) is 0 Å². The van der Waals surface area contributed by atoms with Crippen molar-refractivity contribution < 1.29 is 9.18 Å². The molecule has 1 saturated heterocycles. The second kappa shape index (κ2) is 8.63. The van der Waals surface area contributed by atoms with Gasteiger partial charge in [0.1, 0.15) is 5.82 Å². The molecule has 3 N–H and O–H groups in total. The van der Waals surface area contributed by atoms with E-state index in [1.165, 1.54) is 6.07 Å². The number of carbonyl (C=O) groups excluding carboxylic acids is 1. The molecule has 0 bridgehead atoms. The van der Waals surface area contributed by atoms with Crippen LogP contribution in [0.25, 0.3) is 0 Å². The second-order valence-corrected chi connectivity index (χ2v) is 6.73. The zero-order chi connectivity index (χ0) is 18.4. The van der Waals surface area contributed by atoms with Crippen molar-refractivity contribution in [2.24, 2.45) is 5.73 Å². The van der Waals surface area contributed by atoms with Gasteiger partial charge >= 0.3 is 0 Å². The van der Waals surface area contributed by atoms with Crippen molar-refractivity contribution in [2.45, 2.75) is 39.2 Å². The van der Waals surface area contributed by atoms with E-state index < -0.39 is 5.54 Å². The standard InChI is InChI=1S/C19H31FN4O/c1-4-19(5-2,14-21)22-18(25)15-7-8-17(16(20)13-15)24-11-9-23(6-3)10-12-24/h7-8,13H,4-6,9-12,14,21H2,1-3H3,(H,22,25). The molecule has 0 aromatic heterocycles. The molecular formula is C19H31FN4O. The lowest BCUT2D eigenvalue weighted by Gasteiger charge is -2.35. The van der Waals surface area contributed by atoms with E-state index in [1.807, 2.05) is 18.7 Å². The van der Waals surface area contributed by atoms with Crippen molar-refractivity contribution in [2.75, 3.05) is 44.2 Å². The average Bonchev–Trinajstić information content (AvgIpc) is 2.66. The van der Waals surface area contributed by atoms with E-state index in [2.05, 4.69) is 17.1 Å². The first kappa shape index (κ1) is 19.7. The van der Waals surface area contributed by atoms with E-state index in [4.69, 9.17) is 5.73 Å². The number of hydrogen-bond donors (Lipinski definition) is 2. The fraction of sp³-hybridized carbons (Fsp3) is 0.632. The highest BCUT2D eigenvalue weighted by atomic mass is 19.1. The number of anilines is 1. The lowest BCUT2D eigenvalue weighted by molar-refractivity contribution is 0.0895. The number of halogens is 1. The summed E-state index contributed by atoms with van der Waals surface area (Å²) in [5.41, 5.74) is 6.32. The Labute approximate surface area is 150 Å². The molecule has 25 heavy (non-hydrogen) atoms. The van der Waals surface area contributed by atoms with Gasteiger partial charge in [0.2, 0.25) is 0 Å². The zero-order valence-electron chi connectivity index (χ0n) is 15.6. The summed E-state index contributed by atoms with van der Waals surface area (Å²) in [6.45, 7) is 11.0. The number of piperazine rings is 1. The SMILES string of the molecule is CCN1CCN(c2ccc(C(=O)NC(CC)(CC)CN)cc2F)CC1. The molecule has 6 heteroatoms. The molecule has 0 saturated carbocycles. The third-order valence-corrected chi connectivity index (χ3v) is 5.49. The van der Waals surface area contributed by atoms with Crippen molar-refractivity contribution >= 4 is 11.6 Å². The highest BCUT2D eigenvalue weighted by Gasteiger charge is 2.27. The van der Waals surface area contributed by atoms with Crippen LogP contribution >= 0.6 is 0 Å². The molecule has 0 aliphatic carbocycles. The van der Waals surface area contributed by atoms with E-state index in [-0.39, 0.29) is 11.7 Å². The molecule has 0 atom stereocenters. The first-order chi connectivity index (χ1) is 12.0. The number of nitrogens with one attached hydrogen (secondary N) is 1. The predicted octanol–water partition coefficient (Wildman–Crippen LogP) is 2.21. The van der Waals surface area contributed by atoms with Crippen LogP contribution in [-0.4, -0.2) is 55.6 Å². The summed E-state index contributed by atoms with van der Waals surface area (Å²) in [6.07, 6.45) is 1.49. The quantitative estimate of drug-likeness (QED) is 0.792. The van der Waals surface area contributed by atoms with E-state index in [1.54, 1.807) is 12.1 Å². The Morgan fingerprint density at radius 3 is 2.32 bits per heavy atom. The molecule has 1 aromatic carbocycles. The van der Waals surface area contributed by atoms with Gasteiger partial charge in [0, 0.05) is 38.3 Å². The maximum atomic E-state index is 14.6. The molecule has 2 rings (SSSR count). The Bertz CT molecular complexity index is 573. The summed E-state index contributed by atoms with van der Waals surface area (Å²) in [4.78, 5) is 16.9. The molecule has 0 spiro atoms. The van der Waals surface area contributed by atoms with Gasteiger partial charge in [0.05, 0.1) is 11.2 Å². The van der Waals surface area contributed by atoms with Crippen LogP contribution in [0.5, 0.6) is 0 Å². The Morgan fingerprint density at radius 1 is 1.20 bits per heavy atom. The van der Waals surface area contributed by atoms with E-state index >= 15 is 0 Å². The van der Waals surface area contributed by atoms with E-state index in [0.29, 0.717) is 17.8 Å². The average molecular weight is 350 g/mol. The van der Waals surface area contributed by atoms with Gasteiger partial charge in [0.25, 0.3) is 5.91 Å². The topological polar surface area (TPSA) is 61.6 Å². The molecule has 1 aromatic rings. The van der Waals surface area contributed by atoms with Gasteiger partial charge in [-0.3, -0.25) is 4.79 Å². The van der Waals surface area contributed by atoms with Crippen LogP contribution < -0.4 is 16.0 Å². The molecule has 1 aliphatic rings. The summed E-state index contributed by atoms with van der Waals surface area (Å²) >= 11 is 0. The number of nitrogens with two attached hydrogens (primary N) is 1. The normalized spacial score (nSPS) is 16.1. The van der Waals surface area contributed by atoms with Crippen molar-refractivity contribution in [1.29, 1.82) is 0 Å². The van der Waals surface area contributed by atoms with E-state index in [0.717, 1.165) is 45.6 Å². The maximum Gasteiger partial charge on any atom is 0.251 e. The first-order valence-electron chi connectivity index (χ1n) is 9.28. The fourth-order valence-electron chi connectivity index (χ4n) is 3.29. The highest BCUT2D eigenvalue weighted by molar-refractivity contribution is 5.95. The van der Waals surface area contributed by atoms with Crippen LogP contribution in [0.2, 0.25) is 0 Å². The Hall–Kier alpha value is -1.66. The van der Waals surface area contributed by atoms with Crippen molar-refractivity contribution in [1.82, 2.24) is 10.2 Å². The molecule has 0 radical (unpaired) electrons. The summed E-state index contributed by atoms with van der Waals surface area (Å²) in [6, 6.07) is 4.75. The second-order valence-electron chi connectivity index (χ2n) is 6.73. The van der Waals surface area contributed by atoms with Gasteiger partial charge in [0.15, 0.2) is 0 Å².